The van der Waals surface area contributed by atoms with Gasteiger partial charge in [0.05, 0.1) is 0 Å². The van der Waals surface area contributed by atoms with E-state index in [1.807, 2.05) is 5.32 Å². The number of nitrogens with zero attached hydrogens (tertiary/aromatic N) is 2. The van der Waals surface area contributed by atoms with E-state index in [2.05, 4.69) is 4.98 Å². The molecular weight excluding hydrogens is 411 g/mol. The van der Waals surface area contributed by atoms with Gasteiger partial charge in [0.25, 0.3) is 0 Å². The predicted octanol–water partition coefficient (Wildman–Crippen LogP) is -3.01. The quantitative estimate of drug-likeness (QED) is 0.352. The molecule has 1 aliphatic heterocycles. The van der Waals surface area contributed by atoms with E-state index in [1.165, 1.54) is 6.07 Å². The number of carboxylic acid groups (broad SMARTS) is 1. The Morgan fingerprint density at radius 3 is 2.72 bits per heavy atom. The number of nitrogens with one attached hydrogen (secondary N) is 1. The third-order valence-electron chi connectivity index (χ3n) is 3.34. The fraction of sp³-hybridized carbons (Fsp3) is 0.500. The third-order valence-corrected chi connectivity index (χ3v) is 5.69. The van der Waals surface area contributed by atoms with Crippen molar-refractivity contribution in [2.24, 2.45) is 0 Å². The standard InChI is InChI=1S/C12H14AsF2N3O7/c14-12(15)8(21)5(4-19)25-9(12)18-6(1-2-16-10(18)22)13-7(20)3-17-11(23)24/h1-2,5,8-9,13,17,19,21H,3-4H2,(H,23,24)/t5-,8-,9-/m1/s1. The number of halogens is 2. The second-order valence-electron chi connectivity index (χ2n) is 5.02. The first-order valence-corrected chi connectivity index (χ1v) is 8.94. The molecule has 1 saturated heterocycles. The van der Waals surface area contributed by atoms with Crippen molar-refractivity contribution in [2.75, 3.05) is 13.2 Å². The van der Waals surface area contributed by atoms with Crippen LogP contribution in [0.15, 0.2) is 17.1 Å². The van der Waals surface area contributed by atoms with E-state index < -0.39 is 69.6 Å². The molecule has 0 radical (unpaired) electrons. The van der Waals surface area contributed by atoms with Crippen LogP contribution in [-0.4, -0.2) is 82.6 Å². The summed E-state index contributed by atoms with van der Waals surface area (Å²) in [4.78, 5) is 37.5. The molecule has 0 aliphatic carbocycles. The van der Waals surface area contributed by atoms with Gasteiger partial charge in [-0.05, 0) is 0 Å². The van der Waals surface area contributed by atoms with Crippen molar-refractivity contribution in [1.29, 1.82) is 0 Å². The summed E-state index contributed by atoms with van der Waals surface area (Å²) in [6.07, 6.45) is -6.58. The van der Waals surface area contributed by atoms with Crippen LogP contribution in [0, 0.1) is 0 Å². The number of hydrogen-bond acceptors (Lipinski definition) is 7. The molecule has 0 aromatic carbocycles. The van der Waals surface area contributed by atoms with Crippen LogP contribution in [0.5, 0.6) is 0 Å². The van der Waals surface area contributed by atoms with Gasteiger partial charge >= 0.3 is 144 Å². The van der Waals surface area contributed by atoms with Crippen LogP contribution >= 0.6 is 0 Å². The average Bonchev–Trinajstić information content (AvgIpc) is 2.76. The Morgan fingerprint density at radius 1 is 1.48 bits per heavy atom. The molecule has 1 aromatic rings. The number of hydrogen-bond donors (Lipinski definition) is 4. The fourth-order valence-corrected chi connectivity index (χ4v) is 4.19. The first kappa shape index (κ1) is 19.4. The monoisotopic (exact) mass is 425 g/mol. The van der Waals surface area contributed by atoms with Crippen molar-refractivity contribution in [3.63, 3.8) is 0 Å². The van der Waals surface area contributed by atoms with Crippen molar-refractivity contribution in [1.82, 2.24) is 14.9 Å². The minimum atomic E-state index is -3.90. The summed E-state index contributed by atoms with van der Waals surface area (Å²) in [7, 11) is 0. The Labute approximate surface area is 145 Å². The van der Waals surface area contributed by atoms with E-state index in [4.69, 9.17) is 14.9 Å². The second kappa shape index (κ2) is 7.56. The van der Waals surface area contributed by atoms with Crippen LogP contribution in [-0.2, 0) is 9.53 Å². The molecule has 1 amide bonds. The van der Waals surface area contributed by atoms with E-state index in [-0.39, 0.29) is 4.48 Å². The normalized spacial score (nSPS) is 25.4. The first-order valence-electron chi connectivity index (χ1n) is 6.85. The summed E-state index contributed by atoms with van der Waals surface area (Å²) in [6, 6.07) is 1.18. The molecule has 0 spiro atoms. The number of amides is 1. The summed E-state index contributed by atoms with van der Waals surface area (Å²) in [5, 5.41) is 28.9. The fourth-order valence-electron chi connectivity index (χ4n) is 2.19. The number of carbonyl (C=O) groups is 2. The van der Waals surface area contributed by atoms with E-state index in [0.29, 0.717) is 4.57 Å². The number of ether oxygens (including phenoxy) is 1. The number of alkyl halides is 2. The Balaban J connectivity index is 2.34. The van der Waals surface area contributed by atoms with Gasteiger partial charge in [-0.25, -0.2) is 0 Å². The van der Waals surface area contributed by atoms with Crippen molar-refractivity contribution < 1.29 is 38.4 Å². The van der Waals surface area contributed by atoms with Crippen molar-refractivity contribution in [3.8, 4) is 0 Å². The van der Waals surface area contributed by atoms with Crippen LogP contribution in [0.3, 0.4) is 0 Å². The van der Waals surface area contributed by atoms with E-state index in [9.17, 15) is 28.3 Å². The molecular formula is C12H14AsF2N3O7. The third kappa shape index (κ3) is 4.03. The average molecular weight is 425 g/mol. The summed E-state index contributed by atoms with van der Waals surface area (Å²) in [5.74, 6) is -3.90. The number of aromatic nitrogens is 2. The van der Waals surface area contributed by atoms with Crippen LogP contribution < -0.4 is 15.5 Å². The van der Waals surface area contributed by atoms with Crippen molar-refractivity contribution >= 4 is 30.9 Å². The SMILES string of the molecule is O=C(O)NCC(=O)[AsH]c1ccnc(=O)n1[C@@H]1O[C@H](CO)[C@@H](O)C1(F)F. The van der Waals surface area contributed by atoms with Gasteiger partial charge in [-0.1, -0.05) is 0 Å². The zero-order valence-electron chi connectivity index (χ0n) is 12.4. The summed E-state index contributed by atoms with van der Waals surface area (Å²) < 4.78 is 33.2. The first-order chi connectivity index (χ1) is 11.7. The molecule has 1 fully saturated rings. The molecule has 2 heterocycles. The zero-order chi connectivity index (χ0) is 18.8. The number of aliphatic hydroxyl groups excluding tert-OH is 2. The van der Waals surface area contributed by atoms with Crippen molar-refractivity contribution in [2.45, 2.75) is 24.4 Å². The number of aliphatic hydroxyl groups is 2. The molecule has 1 aliphatic rings. The molecule has 2 rings (SSSR count). The molecule has 0 bridgehead atoms. The molecule has 138 valence electrons. The van der Waals surface area contributed by atoms with Crippen LogP contribution in [0.2, 0.25) is 0 Å². The van der Waals surface area contributed by atoms with Gasteiger partial charge in [0.2, 0.25) is 0 Å². The maximum absolute atomic E-state index is 14.2. The van der Waals surface area contributed by atoms with Crippen LogP contribution in [0.4, 0.5) is 13.6 Å². The molecule has 10 nitrogen and oxygen atoms in total. The van der Waals surface area contributed by atoms with Crippen LogP contribution in [0.25, 0.3) is 0 Å². The summed E-state index contributed by atoms with van der Waals surface area (Å²) >= 11 is -1.86. The Hall–Kier alpha value is -1.88. The van der Waals surface area contributed by atoms with Crippen molar-refractivity contribution in [3.05, 3.63) is 22.7 Å². The molecule has 4 N–H and O–H groups in total. The van der Waals surface area contributed by atoms with Gasteiger partial charge < -0.3 is 0 Å². The topological polar surface area (TPSA) is 151 Å². The van der Waals surface area contributed by atoms with E-state index in [0.717, 1.165) is 6.20 Å². The van der Waals surface area contributed by atoms with Gasteiger partial charge in [-0.15, -0.1) is 0 Å². The molecule has 25 heavy (non-hydrogen) atoms. The van der Waals surface area contributed by atoms with Crippen LogP contribution in [0.1, 0.15) is 6.23 Å². The molecule has 13 heteroatoms. The van der Waals surface area contributed by atoms with E-state index in [1.54, 1.807) is 0 Å². The van der Waals surface area contributed by atoms with Gasteiger partial charge in [0.1, 0.15) is 0 Å². The van der Waals surface area contributed by atoms with Gasteiger partial charge in [-0.3, -0.25) is 0 Å². The molecule has 0 saturated carbocycles. The Morgan fingerprint density at radius 2 is 2.16 bits per heavy atom. The Kier molecular flexibility index (Phi) is 5.88. The summed E-state index contributed by atoms with van der Waals surface area (Å²) in [6.45, 7) is -1.43. The van der Waals surface area contributed by atoms with Gasteiger partial charge in [0, 0.05) is 0 Å². The molecule has 1 aromatic heterocycles. The number of carbonyl (C=O) groups excluding carboxylic acids is 1. The number of rotatable bonds is 6. The molecule has 1 unspecified atom stereocenters. The predicted molar refractivity (Wildman–Crippen MR) is 78.3 cm³/mol. The van der Waals surface area contributed by atoms with Gasteiger partial charge in [-0.2, -0.15) is 0 Å². The van der Waals surface area contributed by atoms with Gasteiger partial charge in [0.15, 0.2) is 0 Å². The zero-order valence-corrected chi connectivity index (χ0v) is 14.5. The maximum atomic E-state index is 14.2. The minimum absolute atomic E-state index is 0.0762. The van der Waals surface area contributed by atoms with E-state index >= 15 is 0 Å². The second-order valence-corrected chi connectivity index (χ2v) is 7.79. The summed E-state index contributed by atoms with van der Waals surface area (Å²) in [5.41, 5.74) is -1.12. The Bertz CT molecular complexity index is 729. The molecule has 4 atom stereocenters.